The van der Waals surface area contributed by atoms with Crippen molar-refractivity contribution in [1.82, 2.24) is 20.4 Å². The molecule has 2 aliphatic rings. The summed E-state index contributed by atoms with van der Waals surface area (Å²) in [6, 6.07) is 16.0. The minimum absolute atomic E-state index is 0.00192. The molecule has 176 valence electrons. The lowest BCUT2D eigenvalue weighted by molar-refractivity contribution is -0.130. The quantitative estimate of drug-likeness (QED) is 0.437. The molecular formula is C24H25ClN6O3. The molecule has 0 radical (unpaired) electrons. The van der Waals surface area contributed by atoms with Crippen LogP contribution in [0.2, 0.25) is 5.02 Å². The summed E-state index contributed by atoms with van der Waals surface area (Å²) < 4.78 is 6.91. The van der Waals surface area contributed by atoms with Crippen LogP contribution in [0.3, 0.4) is 0 Å². The lowest BCUT2D eigenvalue weighted by Gasteiger charge is -2.34. The van der Waals surface area contributed by atoms with Gasteiger partial charge in [0.1, 0.15) is 11.6 Å². The number of carbonyl (C=O) groups is 2. The van der Waals surface area contributed by atoms with Gasteiger partial charge in [0.25, 0.3) is 0 Å². The van der Waals surface area contributed by atoms with Gasteiger partial charge >= 0.3 is 6.03 Å². The summed E-state index contributed by atoms with van der Waals surface area (Å²) in [4.78, 5) is 25.6. The van der Waals surface area contributed by atoms with E-state index in [1.165, 1.54) is 7.11 Å². The fourth-order valence-corrected chi connectivity index (χ4v) is 4.75. The van der Waals surface area contributed by atoms with Crippen molar-refractivity contribution >= 4 is 35.0 Å². The molecule has 3 amide bonds. The van der Waals surface area contributed by atoms with Gasteiger partial charge in [0.15, 0.2) is 6.29 Å². The molecule has 1 aliphatic heterocycles. The van der Waals surface area contributed by atoms with Crippen molar-refractivity contribution in [2.45, 2.75) is 31.6 Å². The number of ether oxygens (including phenoxy) is 1. The maximum absolute atomic E-state index is 12.9. The van der Waals surface area contributed by atoms with Gasteiger partial charge in [-0.15, -0.1) is 0 Å². The van der Waals surface area contributed by atoms with E-state index in [0.29, 0.717) is 28.0 Å². The van der Waals surface area contributed by atoms with Crippen molar-refractivity contribution in [3.8, 4) is 17.0 Å². The molecule has 3 unspecified atom stereocenters. The van der Waals surface area contributed by atoms with Crippen LogP contribution in [0.4, 0.5) is 16.3 Å². The van der Waals surface area contributed by atoms with Gasteiger partial charge in [0, 0.05) is 22.7 Å². The van der Waals surface area contributed by atoms with Crippen LogP contribution in [0.5, 0.6) is 5.75 Å². The van der Waals surface area contributed by atoms with E-state index in [1.54, 1.807) is 28.9 Å². The van der Waals surface area contributed by atoms with Crippen LogP contribution in [0, 0.1) is 5.92 Å². The smallest absolute Gasteiger partial charge is 0.324 e. The van der Waals surface area contributed by atoms with Crippen LogP contribution in [0.1, 0.15) is 25.6 Å². The van der Waals surface area contributed by atoms with Crippen LogP contribution in [-0.4, -0.2) is 34.9 Å². The lowest BCUT2D eigenvalue weighted by Crippen LogP contribution is -2.57. The van der Waals surface area contributed by atoms with E-state index in [0.717, 1.165) is 24.8 Å². The van der Waals surface area contributed by atoms with Crippen molar-refractivity contribution in [2.75, 3.05) is 17.7 Å². The van der Waals surface area contributed by atoms with Gasteiger partial charge in [-0.05, 0) is 31.0 Å². The Morgan fingerprint density at radius 2 is 1.97 bits per heavy atom. The molecule has 34 heavy (non-hydrogen) atoms. The summed E-state index contributed by atoms with van der Waals surface area (Å²) in [6.45, 7) is 0. The molecule has 2 aromatic carbocycles. The fraction of sp³-hybridized carbons (Fsp3) is 0.292. The van der Waals surface area contributed by atoms with E-state index >= 15 is 0 Å². The summed E-state index contributed by atoms with van der Waals surface area (Å²) in [5.74, 6) is 0.871. The summed E-state index contributed by atoms with van der Waals surface area (Å²) in [7, 11) is 1.52. The number of hydrogen-bond donors (Lipinski definition) is 4. The zero-order chi connectivity index (χ0) is 23.7. The maximum Gasteiger partial charge on any atom is 0.324 e. The summed E-state index contributed by atoms with van der Waals surface area (Å²) in [5, 5.41) is 17.3. The van der Waals surface area contributed by atoms with Crippen LogP contribution in [0.15, 0.2) is 54.6 Å². The maximum atomic E-state index is 12.9. The summed E-state index contributed by atoms with van der Waals surface area (Å²) >= 11 is 6.08. The molecule has 9 nitrogen and oxygen atoms in total. The summed E-state index contributed by atoms with van der Waals surface area (Å²) in [5.41, 5.74) is 1.99. The third kappa shape index (κ3) is 4.44. The number of hydrogen-bond acceptors (Lipinski definition) is 5. The third-order valence-electron chi connectivity index (χ3n) is 6.20. The van der Waals surface area contributed by atoms with E-state index in [-0.39, 0.29) is 17.9 Å². The van der Waals surface area contributed by atoms with E-state index in [2.05, 4.69) is 21.3 Å². The predicted octanol–water partition coefficient (Wildman–Crippen LogP) is 4.20. The van der Waals surface area contributed by atoms with Crippen molar-refractivity contribution in [3.63, 3.8) is 0 Å². The molecule has 3 aromatic rings. The van der Waals surface area contributed by atoms with Gasteiger partial charge in [-0.25, -0.2) is 9.48 Å². The molecule has 1 aromatic heterocycles. The average Bonchev–Trinajstić information content (AvgIpc) is 3.47. The number of methoxy groups -OCH3 is 1. The van der Waals surface area contributed by atoms with Gasteiger partial charge < -0.3 is 15.4 Å². The van der Waals surface area contributed by atoms with Gasteiger partial charge in [-0.3, -0.25) is 15.4 Å². The van der Waals surface area contributed by atoms with Crippen LogP contribution in [-0.2, 0) is 4.79 Å². The van der Waals surface area contributed by atoms with E-state index in [9.17, 15) is 9.59 Å². The second-order valence-electron chi connectivity index (χ2n) is 8.37. The zero-order valence-electron chi connectivity index (χ0n) is 18.5. The molecule has 1 saturated carbocycles. The minimum atomic E-state index is -0.583. The highest BCUT2D eigenvalue weighted by Crippen LogP contribution is 2.32. The number of nitrogens with zero attached hydrogens (tertiary/aromatic N) is 2. The third-order valence-corrected chi connectivity index (χ3v) is 6.44. The standard InChI is InChI=1S/C24H25ClN6O3/c1-34-20-11-10-15(25)12-19(20)27-24(33)28-21-13-18(14-6-3-2-4-7-14)30-31(21)23-26-17-9-5-8-16(17)22(32)29-23/h2-4,6-7,10-13,16-17,23,26H,5,8-9H2,1H3,(H,29,32)(H2,27,28,33). The Hall–Kier alpha value is -3.56. The van der Waals surface area contributed by atoms with Crippen LogP contribution in [0.25, 0.3) is 11.3 Å². The number of fused-ring (bicyclic) bond motifs is 1. The second-order valence-corrected chi connectivity index (χ2v) is 8.81. The van der Waals surface area contributed by atoms with E-state index in [1.807, 2.05) is 30.3 Å². The first-order chi connectivity index (χ1) is 16.5. The first kappa shape index (κ1) is 22.2. The first-order valence-corrected chi connectivity index (χ1v) is 11.5. The van der Waals surface area contributed by atoms with Crippen molar-refractivity contribution in [1.29, 1.82) is 0 Å². The second kappa shape index (κ2) is 9.36. The normalized spacial score (nSPS) is 21.5. The largest absolute Gasteiger partial charge is 0.495 e. The van der Waals surface area contributed by atoms with Crippen LogP contribution >= 0.6 is 11.6 Å². The Balaban J connectivity index is 1.44. The van der Waals surface area contributed by atoms with Gasteiger partial charge in [-0.2, -0.15) is 5.10 Å². The fourth-order valence-electron chi connectivity index (χ4n) is 4.57. The number of benzene rings is 2. The molecule has 1 aliphatic carbocycles. The molecule has 0 bridgehead atoms. The summed E-state index contributed by atoms with van der Waals surface area (Å²) in [6.07, 6.45) is 2.23. The Bertz CT molecular complexity index is 1210. The van der Waals surface area contributed by atoms with Crippen molar-refractivity contribution in [3.05, 3.63) is 59.6 Å². The zero-order valence-corrected chi connectivity index (χ0v) is 19.3. The monoisotopic (exact) mass is 480 g/mol. The molecule has 3 atom stereocenters. The van der Waals surface area contributed by atoms with E-state index < -0.39 is 12.3 Å². The lowest BCUT2D eigenvalue weighted by atomic mass is 10.0. The molecule has 10 heteroatoms. The van der Waals surface area contributed by atoms with Crippen molar-refractivity contribution in [2.24, 2.45) is 5.92 Å². The first-order valence-electron chi connectivity index (χ1n) is 11.1. The Labute approximate surface area is 201 Å². The predicted molar refractivity (Wildman–Crippen MR) is 130 cm³/mol. The molecule has 0 spiro atoms. The number of aromatic nitrogens is 2. The number of rotatable bonds is 5. The minimum Gasteiger partial charge on any atom is -0.495 e. The van der Waals surface area contributed by atoms with Gasteiger partial charge in [0.05, 0.1) is 24.4 Å². The number of halogens is 1. The number of carbonyl (C=O) groups excluding carboxylic acids is 2. The molecule has 5 rings (SSSR count). The molecule has 1 saturated heterocycles. The highest BCUT2D eigenvalue weighted by atomic mass is 35.5. The SMILES string of the molecule is COc1ccc(Cl)cc1NC(=O)Nc1cc(-c2ccccc2)nn1C1NC(=O)C2CCCC2N1. The average molecular weight is 481 g/mol. The molecule has 2 heterocycles. The number of anilines is 2. The molecule has 2 fully saturated rings. The van der Waals surface area contributed by atoms with Crippen molar-refractivity contribution < 1.29 is 14.3 Å². The highest BCUT2D eigenvalue weighted by Gasteiger charge is 2.40. The Kier molecular flexibility index (Phi) is 6.12. The molecular weight excluding hydrogens is 456 g/mol. The number of nitrogens with one attached hydrogen (secondary N) is 4. The van der Waals surface area contributed by atoms with E-state index in [4.69, 9.17) is 21.4 Å². The Morgan fingerprint density at radius 1 is 1.15 bits per heavy atom. The number of urea groups is 1. The topological polar surface area (TPSA) is 109 Å². The Morgan fingerprint density at radius 3 is 2.76 bits per heavy atom. The van der Waals surface area contributed by atoms with Crippen LogP contribution < -0.4 is 26.0 Å². The molecule has 4 N–H and O–H groups in total. The highest BCUT2D eigenvalue weighted by molar-refractivity contribution is 6.31. The van der Waals surface area contributed by atoms with Gasteiger partial charge in [-0.1, -0.05) is 48.4 Å². The number of amides is 3. The van der Waals surface area contributed by atoms with Gasteiger partial charge in [0.2, 0.25) is 5.91 Å².